The monoisotopic (exact) mass is 310 g/mol. The second-order valence-corrected chi connectivity index (χ2v) is 8.89. The van der Waals surface area contributed by atoms with Gasteiger partial charge in [0.25, 0.3) is 0 Å². The first-order valence-corrected chi connectivity index (χ1v) is 9.75. The Kier molecular flexibility index (Phi) is 3.53. The lowest BCUT2D eigenvalue weighted by Gasteiger charge is -2.56. The van der Waals surface area contributed by atoms with E-state index in [1.165, 1.54) is 38.5 Å². The van der Waals surface area contributed by atoms with Crippen molar-refractivity contribution in [3.63, 3.8) is 0 Å². The Labute approximate surface area is 141 Å². The van der Waals surface area contributed by atoms with Crippen molar-refractivity contribution in [1.82, 2.24) is 0 Å². The third-order valence-corrected chi connectivity index (χ3v) is 8.30. The molecule has 1 nitrogen and oxygen atoms in total. The van der Waals surface area contributed by atoms with Gasteiger partial charge < -0.3 is 0 Å². The predicted molar refractivity (Wildman–Crippen MR) is 93.7 cm³/mol. The Balaban J connectivity index is 1.68. The number of carbonyl (C=O) groups is 1. The van der Waals surface area contributed by atoms with Crippen molar-refractivity contribution in [2.75, 3.05) is 0 Å². The van der Waals surface area contributed by atoms with Crippen LogP contribution >= 0.6 is 0 Å². The smallest absolute Gasteiger partial charge is 0.151 e. The molecule has 4 aliphatic carbocycles. The van der Waals surface area contributed by atoms with Gasteiger partial charge in [0.1, 0.15) is 0 Å². The molecule has 0 aromatic rings. The third kappa shape index (κ3) is 1.97. The molecule has 0 aromatic carbocycles. The summed E-state index contributed by atoms with van der Waals surface area (Å²) >= 11 is 0. The summed E-state index contributed by atoms with van der Waals surface area (Å²) in [5, 5.41) is 0. The Morgan fingerprint density at radius 2 is 2.09 bits per heavy atom. The molecule has 0 spiro atoms. The number of allylic oxidation sites excluding steroid dienone is 2. The van der Waals surface area contributed by atoms with Crippen LogP contribution in [0.15, 0.2) is 11.6 Å². The number of carbonyl (C=O) groups excluding carboxylic acids is 1. The quantitative estimate of drug-likeness (QED) is 0.483. The van der Waals surface area contributed by atoms with Crippen LogP contribution in [0.3, 0.4) is 0 Å². The van der Waals surface area contributed by atoms with E-state index in [0.717, 1.165) is 31.1 Å². The summed E-state index contributed by atoms with van der Waals surface area (Å²) in [6.45, 7) is 4.87. The van der Waals surface area contributed by atoms with Crippen LogP contribution in [0.2, 0.25) is 0 Å². The summed E-state index contributed by atoms with van der Waals surface area (Å²) in [5.74, 6) is 6.13. The van der Waals surface area contributed by atoms with Gasteiger partial charge in [0.05, 0.1) is 5.41 Å². The fourth-order valence-electron chi connectivity index (χ4n) is 6.80. The average molecular weight is 310 g/mol. The van der Waals surface area contributed by atoms with E-state index in [-0.39, 0.29) is 0 Å². The minimum absolute atomic E-state index is 0.373. The maximum absolute atomic E-state index is 12.5. The summed E-state index contributed by atoms with van der Waals surface area (Å²) < 4.78 is 0. The Bertz CT molecular complexity index is 594. The third-order valence-electron chi connectivity index (χ3n) is 8.30. The van der Waals surface area contributed by atoms with Gasteiger partial charge in [-0.05, 0) is 74.0 Å². The SMILES string of the molecule is C#CC12CCC3C(CC=C4CC(CC)CCC43C)C1CCC2=O. The Hall–Kier alpha value is -1.03. The van der Waals surface area contributed by atoms with Crippen LogP contribution in [0.1, 0.15) is 71.6 Å². The Morgan fingerprint density at radius 3 is 2.83 bits per heavy atom. The van der Waals surface area contributed by atoms with Crippen molar-refractivity contribution in [3.8, 4) is 12.3 Å². The van der Waals surface area contributed by atoms with E-state index in [1.807, 2.05) is 0 Å². The maximum atomic E-state index is 12.5. The molecule has 0 N–H and O–H groups in total. The molecule has 0 heterocycles. The summed E-state index contributed by atoms with van der Waals surface area (Å²) in [5.41, 5.74) is 1.74. The zero-order valence-electron chi connectivity index (χ0n) is 14.7. The molecular formula is C22H30O. The second-order valence-electron chi connectivity index (χ2n) is 8.89. The molecule has 0 radical (unpaired) electrons. The average Bonchev–Trinajstić information content (AvgIpc) is 2.91. The maximum Gasteiger partial charge on any atom is 0.151 e. The van der Waals surface area contributed by atoms with E-state index in [1.54, 1.807) is 5.57 Å². The predicted octanol–water partition coefficient (Wildman–Crippen LogP) is 5.16. The highest BCUT2D eigenvalue weighted by Gasteiger charge is 2.59. The molecule has 0 aliphatic heterocycles. The molecule has 4 rings (SSSR count). The normalized spacial score (nSPS) is 48.7. The first kappa shape index (κ1) is 15.5. The van der Waals surface area contributed by atoms with E-state index in [0.29, 0.717) is 23.0 Å². The number of hydrogen-bond acceptors (Lipinski definition) is 1. The van der Waals surface area contributed by atoms with Crippen LogP contribution in [-0.2, 0) is 4.79 Å². The molecule has 6 unspecified atom stereocenters. The highest BCUT2D eigenvalue weighted by atomic mass is 16.1. The number of Topliss-reactive ketones (excluding diaryl/α,β-unsaturated/α-hetero) is 1. The van der Waals surface area contributed by atoms with Crippen molar-refractivity contribution in [2.45, 2.75) is 71.6 Å². The molecule has 124 valence electrons. The molecule has 4 aliphatic rings. The van der Waals surface area contributed by atoms with Crippen molar-refractivity contribution in [1.29, 1.82) is 0 Å². The van der Waals surface area contributed by atoms with E-state index >= 15 is 0 Å². The molecule has 0 bridgehead atoms. The summed E-state index contributed by atoms with van der Waals surface area (Å²) in [7, 11) is 0. The van der Waals surface area contributed by atoms with Gasteiger partial charge in [0, 0.05) is 6.42 Å². The van der Waals surface area contributed by atoms with Gasteiger partial charge in [0.15, 0.2) is 5.78 Å². The van der Waals surface area contributed by atoms with Crippen LogP contribution in [0.25, 0.3) is 0 Å². The number of hydrogen-bond donors (Lipinski definition) is 0. The molecular weight excluding hydrogens is 280 g/mol. The fraction of sp³-hybridized carbons (Fsp3) is 0.773. The standard InChI is InChI=1S/C22H30O/c1-4-15-10-12-21(3)16(14-15)6-7-17-18(21)11-13-22(5-2)19(17)8-9-20(22)23/h2,6,15,17-19H,4,7-14H2,1,3H3. The molecule has 0 amide bonds. The zero-order chi connectivity index (χ0) is 16.2. The molecule has 3 saturated carbocycles. The van der Waals surface area contributed by atoms with E-state index < -0.39 is 5.41 Å². The van der Waals surface area contributed by atoms with Gasteiger partial charge in [-0.2, -0.15) is 0 Å². The van der Waals surface area contributed by atoms with Gasteiger partial charge >= 0.3 is 0 Å². The number of rotatable bonds is 1. The fourth-order valence-corrected chi connectivity index (χ4v) is 6.80. The number of terminal acetylenes is 1. The van der Waals surface area contributed by atoms with E-state index in [9.17, 15) is 4.79 Å². The highest BCUT2D eigenvalue weighted by Crippen LogP contribution is 2.64. The van der Waals surface area contributed by atoms with Gasteiger partial charge in [0.2, 0.25) is 0 Å². The lowest BCUT2D eigenvalue weighted by molar-refractivity contribution is -0.128. The summed E-state index contributed by atoms with van der Waals surface area (Å²) in [6, 6.07) is 0. The van der Waals surface area contributed by atoms with Crippen molar-refractivity contribution < 1.29 is 4.79 Å². The van der Waals surface area contributed by atoms with Gasteiger partial charge in [-0.3, -0.25) is 4.79 Å². The van der Waals surface area contributed by atoms with Crippen LogP contribution in [0.4, 0.5) is 0 Å². The van der Waals surface area contributed by atoms with Crippen molar-refractivity contribution >= 4 is 5.78 Å². The van der Waals surface area contributed by atoms with Crippen LogP contribution in [-0.4, -0.2) is 5.78 Å². The summed E-state index contributed by atoms with van der Waals surface area (Å²) in [6.07, 6.45) is 18.9. The lowest BCUT2D eigenvalue weighted by Crippen LogP contribution is -2.50. The zero-order valence-corrected chi connectivity index (χ0v) is 14.7. The first-order valence-electron chi connectivity index (χ1n) is 9.75. The largest absolute Gasteiger partial charge is 0.298 e. The minimum Gasteiger partial charge on any atom is -0.298 e. The van der Waals surface area contributed by atoms with Crippen LogP contribution in [0, 0.1) is 46.8 Å². The molecule has 23 heavy (non-hydrogen) atoms. The molecule has 0 saturated heterocycles. The number of fused-ring (bicyclic) bond motifs is 5. The van der Waals surface area contributed by atoms with Crippen LogP contribution in [0.5, 0.6) is 0 Å². The highest BCUT2D eigenvalue weighted by molar-refractivity contribution is 5.90. The van der Waals surface area contributed by atoms with Crippen LogP contribution < -0.4 is 0 Å². The van der Waals surface area contributed by atoms with Gasteiger partial charge in [-0.25, -0.2) is 0 Å². The second kappa shape index (κ2) is 5.23. The number of ketones is 1. The van der Waals surface area contributed by atoms with E-state index in [4.69, 9.17) is 6.42 Å². The van der Waals surface area contributed by atoms with E-state index in [2.05, 4.69) is 25.8 Å². The molecule has 6 atom stereocenters. The molecule has 0 aromatic heterocycles. The van der Waals surface area contributed by atoms with Crippen molar-refractivity contribution in [3.05, 3.63) is 11.6 Å². The minimum atomic E-state index is -0.399. The summed E-state index contributed by atoms with van der Waals surface area (Å²) in [4.78, 5) is 12.5. The van der Waals surface area contributed by atoms with Gasteiger partial charge in [-0.1, -0.05) is 37.8 Å². The van der Waals surface area contributed by atoms with Crippen molar-refractivity contribution in [2.24, 2.45) is 34.5 Å². The lowest BCUT2D eigenvalue weighted by atomic mass is 9.47. The first-order chi connectivity index (χ1) is 11.0. The molecule has 3 fully saturated rings. The molecule has 1 heteroatoms. The van der Waals surface area contributed by atoms with Gasteiger partial charge in [-0.15, -0.1) is 6.42 Å². The Morgan fingerprint density at radius 1 is 1.26 bits per heavy atom. The topological polar surface area (TPSA) is 17.1 Å².